The molecule has 0 saturated carbocycles. The van der Waals surface area contributed by atoms with Gasteiger partial charge >= 0.3 is 0 Å². The number of amides is 1. The van der Waals surface area contributed by atoms with Crippen LogP contribution in [0.2, 0.25) is 0 Å². The van der Waals surface area contributed by atoms with Crippen LogP contribution in [0.5, 0.6) is 5.75 Å². The van der Waals surface area contributed by atoms with Gasteiger partial charge in [-0.3, -0.25) is 4.79 Å². The summed E-state index contributed by atoms with van der Waals surface area (Å²) in [5, 5.41) is 2.77. The van der Waals surface area contributed by atoms with E-state index in [1.807, 2.05) is 18.2 Å². The number of benzene rings is 3. The number of rotatable bonds is 9. The number of carbonyl (C=O) groups excluding carboxylic acids is 1. The second-order valence-corrected chi connectivity index (χ2v) is 10.1. The molecule has 0 aliphatic rings. The van der Waals surface area contributed by atoms with Crippen LogP contribution in [0.25, 0.3) is 0 Å². The molecule has 0 heterocycles. The number of carbonyl (C=O) groups is 1. The third-order valence-electron chi connectivity index (χ3n) is 4.50. The van der Waals surface area contributed by atoms with Crippen molar-refractivity contribution in [2.24, 2.45) is 0 Å². The molecule has 8 heteroatoms. The number of halogens is 1. The molecule has 0 fully saturated rings. The standard InChI is InChI=1S/C24H25BrN2O4S/c1-17(2)27-32(29,30)21-11-9-20(10-12-21)26-24(28)19-8-13-23(22(25)16-19)31-15-14-18-6-4-3-5-7-18/h3-13,16-17,27H,14-15H2,1-2H3,(H,26,28). The summed E-state index contributed by atoms with van der Waals surface area (Å²) in [6, 6.07) is 21.0. The maximum atomic E-state index is 12.6. The average Bonchev–Trinajstić information content (AvgIpc) is 2.75. The fourth-order valence-corrected chi connectivity index (χ4v) is 4.73. The molecular formula is C24H25BrN2O4S. The van der Waals surface area contributed by atoms with E-state index >= 15 is 0 Å². The first-order valence-electron chi connectivity index (χ1n) is 10.1. The summed E-state index contributed by atoms with van der Waals surface area (Å²) in [6.07, 6.45) is 0.786. The van der Waals surface area contributed by atoms with Crippen molar-refractivity contribution < 1.29 is 17.9 Å². The van der Waals surface area contributed by atoms with Crippen LogP contribution in [0, 0.1) is 0 Å². The van der Waals surface area contributed by atoms with Gasteiger partial charge in [-0.05, 0) is 77.8 Å². The van der Waals surface area contributed by atoms with Crippen molar-refractivity contribution in [3.63, 3.8) is 0 Å². The lowest BCUT2D eigenvalue weighted by Gasteiger charge is -2.12. The van der Waals surface area contributed by atoms with Crippen molar-refractivity contribution in [2.45, 2.75) is 31.2 Å². The Morgan fingerprint density at radius 2 is 1.69 bits per heavy atom. The SMILES string of the molecule is CC(C)NS(=O)(=O)c1ccc(NC(=O)c2ccc(OCCc3ccccc3)c(Br)c2)cc1. The molecule has 1 amide bonds. The summed E-state index contributed by atoms with van der Waals surface area (Å²) in [7, 11) is -3.58. The molecule has 32 heavy (non-hydrogen) atoms. The summed E-state index contributed by atoms with van der Waals surface area (Å²) in [5.74, 6) is 0.349. The fraction of sp³-hybridized carbons (Fsp3) is 0.208. The molecule has 168 valence electrons. The van der Waals surface area contributed by atoms with Gasteiger partial charge in [-0.25, -0.2) is 13.1 Å². The second kappa shape index (κ2) is 10.8. The van der Waals surface area contributed by atoms with Crippen LogP contribution >= 0.6 is 15.9 Å². The number of anilines is 1. The topological polar surface area (TPSA) is 84.5 Å². The van der Waals surface area contributed by atoms with Crippen molar-refractivity contribution in [3.8, 4) is 5.75 Å². The molecule has 0 bridgehead atoms. The summed E-state index contributed by atoms with van der Waals surface area (Å²) in [6.45, 7) is 4.03. The molecule has 2 N–H and O–H groups in total. The summed E-state index contributed by atoms with van der Waals surface area (Å²) >= 11 is 3.46. The van der Waals surface area contributed by atoms with Crippen molar-refractivity contribution in [3.05, 3.63) is 88.4 Å². The van der Waals surface area contributed by atoms with E-state index in [-0.39, 0.29) is 16.8 Å². The Kier molecular flexibility index (Phi) is 8.06. The van der Waals surface area contributed by atoms with Crippen LogP contribution in [0.1, 0.15) is 29.8 Å². The smallest absolute Gasteiger partial charge is 0.255 e. The molecule has 3 aromatic rings. The zero-order valence-corrected chi connectivity index (χ0v) is 20.2. The van der Waals surface area contributed by atoms with Crippen LogP contribution in [0.15, 0.2) is 82.2 Å². The number of nitrogens with one attached hydrogen (secondary N) is 2. The lowest BCUT2D eigenvalue weighted by atomic mass is 10.1. The van der Waals surface area contributed by atoms with Crippen LogP contribution in [0.3, 0.4) is 0 Å². The minimum Gasteiger partial charge on any atom is -0.492 e. The van der Waals surface area contributed by atoms with Crippen LogP contribution in [-0.4, -0.2) is 27.0 Å². The molecule has 0 aliphatic carbocycles. The Morgan fingerprint density at radius 1 is 1.00 bits per heavy atom. The highest BCUT2D eigenvalue weighted by molar-refractivity contribution is 9.10. The molecular weight excluding hydrogens is 492 g/mol. The zero-order valence-electron chi connectivity index (χ0n) is 17.8. The summed E-state index contributed by atoms with van der Waals surface area (Å²) in [4.78, 5) is 12.7. The van der Waals surface area contributed by atoms with Crippen LogP contribution in [0.4, 0.5) is 5.69 Å². The highest BCUT2D eigenvalue weighted by atomic mass is 79.9. The van der Waals surface area contributed by atoms with Gasteiger partial charge in [-0.2, -0.15) is 0 Å². The maximum absolute atomic E-state index is 12.6. The van der Waals surface area contributed by atoms with Gasteiger partial charge in [0.1, 0.15) is 5.75 Å². The molecule has 0 spiro atoms. The van der Waals surface area contributed by atoms with Crippen molar-refractivity contribution in [1.29, 1.82) is 0 Å². The van der Waals surface area contributed by atoms with Gasteiger partial charge in [-0.1, -0.05) is 30.3 Å². The normalized spacial score (nSPS) is 11.4. The fourth-order valence-electron chi connectivity index (χ4n) is 2.98. The van der Waals surface area contributed by atoms with Gasteiger partial charge in [0.15, 0.2) is 0 Å². The Balaban J connectivity index is 1.60. The van der Waals surface area contributed by atoms with Gasteiger partial charge in [0.05, 0.1) is 16.0 Å². The number of ether oxygens (including phenoxy) is 1. The van der Waals surface area contributed by atoms with E-state index in [1.54, 1.807) is 44.2 Å². The Hall–Kier alpha value is -2.68. The van der Waals surface area contributed by atoms with Gasteiger partial charge < -0.3 is 10.1 Å². The molecule has 0 saturated heterocycles. The van der Waals surface area contributed by atoms with Gasteiger partial charge in [0.25, 0.3) is 5.91 Å². The van der Waals surface area contributed by atoms with Crippen molar-refractivity contribution >= 4 is 37.5 Å². The summed E-state index contributed by atoms with van der Waals surface area (Å²) < 4.78 is 33.4. The van der Waals surface area contributed by atoms with E-state index in [9.17, 15) is 13.2 Å². The number of hydrogen-bond acceptors (Lipinski definition) is 4. The first-order chi connectivity index (χ1) is 15.2. The summed E-state index contributed by atoms with van der Waals surface area (Å²) in [5.41, 5.74) is 2.14. The van der Waals surface area contributed by atoms with E-state index in [0.717, 1.165) is 6.42 Å². The van der Waals surface area contributed by atoms with E-state index < -0.39 is 10.0 Å². The minimum atomic E-state index is -3.58. The first kappa shape index (κ1) is 24.0. The van der Waals surface area contributed by atoms with Gasteiger partial charge in [0.2, 0.25) is 10.0 Å². The Labute approximate surface area is 197 Å². The Morgan fingerprint density at radius 3 is 2.31 bits per heavy atom. The van der Waals surface area contributed by atoms with Gasteiger partial charge in [-0.15, -0.1) is 0 Å². The molecule has 3 rings (SSSR count). The van der Waals surface area contributed by atoms with Gasteiger partial charge in [0, 0.05) is 23.7 Å². The molecule has 0 radical (unpaired) electrons. The first-order valence-corrected chi connectivity index (χ1v) is 12.4. The Bertz CT molecular complexity index is 1160. The van der Waals surface area contributed by atoms with Crippen LogP contribution in [-0.2, 0) is 16.4 Å². The second-order valence-electron chi connectivity index (χ2n) is 7.48. The molecule has 0 aromatic heterocycles. The van der Waals surface area contributed by atoms with E-state index in [4.69, 9.17) is 4.74 Å². The lowest BCUT2D eigenvalue weighted by molar-refractivity contribution is 0.102. The molecule has 0 atom stereocenters. The largest absolute Gasteiger partial charge is 0.492 e. The van der Waals surface area contributed by atoms with Crippen molar-refractivity contribution in [2.75, 3.05) is 11.9 Å². The molecule has 0 aliphatic heterocycles. The average molecular weight is 517 g/mol. The predicted octanol–water partition coefficient (Wildman–Crippen LogP) is 5.01. The molecule has 3 aromatic carbocycles. The molecule has 6 nitrogen and oxygen atoms in total. The highest BCUT2D eigenvalue weighted by Crippen LogP contribution is 2.27. The van der Waals surface area contributed by atoms with Crippen molar-refractivity contribution in [1.82, 2.24) is 4.72 Å². The zero-order chi connectivity index (χ0) is 23.1. The minimum absolute atomic E-state index is 0.143. The third kappa shape index (κ3) is 6.66. The number of hydrogen-bond donors (Lipinski definition) is 2. The quantitative estimate of drug-likeness (QED) is 0.418. The van der Waals surface area contributed by atoms with Crippen LogP contribution < -0.4 is 14.8 Å². The van der Waals surface area contributed by atoms with E-state index in [2.05, 4.69) is 38.1 Å². The lowest BCUT2D eigenvalue weighted by Crippen LogP contribution is -2.30. The number of sulfonamides is 1. The molecule has 0 unspecified atom stereocenters. The predicted molar refractivity (Wildman–Crippen MR) is 130 cm³/mol. The van der Waals surface area contributed by atoms with E-state index in [0.29, 0.717) is 28.1 Å². The van der Waals surface area contributed by atoms with E-state index in [1.165, 1.54) is 17.7 Å². The maximum Gasteiger partial charge on any atom is 0.255 e. The third-order valence-corrected chi connectivity index (χ3v) is 6.79. The monoisotopic (exact) mass is 516 g/mol. The highest BCUT2D eigenvalue weighted by Gasteiger charge is 2.15.